The molecule has 0 unspecified atom stereocenters. The van der Waals surface area contributed by atoms with Crippen LogP contribution in [0.25, 0.3) is 0 Å². The number of hydrogen-bond donors (Lipinski definition) is 2. The molecule has 0 aromatic heterocycles. The van der Waals surface area contributed by atoms with Crippen molar-refractivity contribution >= 4 is 5.97 Å². The number of methoxy groups -OCH3 is 2. The van der Waals surface area contributed by atoms with E-state index in [1.807, 2.05) is 18.2 Å². The lowest BCUT2D eigenvalue weighted by atomic mass is 9.55. The fourth-order valence-corrected chi connectivity index (χ4v) is 5.82. The fraction of sp³-hybridized carbons (Fsp3) is 0.640. The summed E-state index contributed by atoms with van der Waals surface area (Å²) in [5.41, 5.74) is 2.15. The Balaban J connectivity index is 1.39. The monoisotopic (exact) mass is 429 g/mol. The zero-order valence-electron chi connectivity index (χ0n) is 19.0. The summed E-state index contributed by atoms with van der Waals surface area (Å²) in [6.07, 6.45) is 5.20. The molecule has 6 heteroatoms. The second-order valence-electron chi connectivity index (χ2n) is 9.44. The summed E-state index contributed by atoms with van der Waals surface area (Å²) in [5, 5.41) is 14.8. The Hall–Kier alpha value is -2.05. The highest BCUT2D eigenvalue weighted by Gasteiger charge is 2.59. The summed E-state index contributed by atoms with van der Waals surface area (Å²) >= 11 is 0. The highest BCUT2D eigenvalue weighted by molar-refractivity contribution is 5.76. The summed E-state index contributed by atoms with van der Waals surface area (Å²) in [5.74, 6) is 1.19. The van der Waals surface area contributed by atoms with Crippen molar-refractivity contribution in [3.63, 3.8) is 0 Å². The van der Waals surface area contributed by atoms with Gasteiger partial charge in [0, 0.05) is 24.3 Å². The van der Waals surface area contributed by atoms with Crippen LogP contribution in [0.15, 0.2) is 29.8 Å². The van der Waals surface area contributed by atoms with Crippen LogP contribution in [-0.4, -0.2) is 50.6 Å². The molecule has 0 radical (unpaired) electrons. The number of ether oxygens (including phenoxy) is 3. The van der Waals surface area contributed by atoms with Gasteiger partial charge in [-0.2, -0.15) is 0 Å². The van der Waals surface area contributed by atoms with Gasteiger partial charge in [-0.05, 0) is 49.4 Å². The second kappa shape index (κ2) is 8.83. The number of aliphatic hydroxyl groups excluding tert-OH is 1. The summed E-state index contributed by atoms with van der Waals surface area (Å²) in [7, 11) is 3.26. The van der Waals surface area contributed by atoms with Crippen LogP contribution in [0, 0.1) is 23.2 Å². The van der Waals surface area contributed by atoms with Gasteiger partial charge in [0.2, 0.25) is 0 Å². The molecule has 0 spiro atoms. The van der Waals surface area contributed by atoms with Crippen LogP contribution < -0.4 is 14.8 Å². The first-order chi connectivity index (χ1) is 14.9. The molecular weight excluding hydrogens is 394 g/mol. The van der Waals surface area contributed by atoms with Crippen LogP contribution in [-0.2, 0) is 16.0 Å². The minimum absolute atomic E-state index is 0.149. The van der Waals surface area contributed by atoms with Crippen molar-refractivity contribution in [3.8, 4) is 11.5 Å². The van der Waals surface area contributed by atoms with Gasteiger partial charge in [-0.15, -0.1) is 0 Å². The number of carbonyl (C=O) groups excluding carboxylic acids is 1. The average molecular weight is 430 g/mol. The Morgan fingerprint density at radius 2 is 2.03 bits per heavy atom. The van der Waals surface area contributed by atoms with Crippen LogP contribution in [0.2, 0.25) is 0 Å². The van der Waals surface area contributed by atoms with Crippen molar-refractivity contribution in [1.82, 2.24) is 5.32 Å². The molecule has 6 atom stereocenters. The minimum atomic E-state index is -0.558. The number of carbonyl (C=O) groups is 1. The first-order valence-electron chi connectivity index (χ1n) is 11.4. The van der Waals surface area contributed by atoms with Crippen molar-refractivity contribution in [1.29, 1.82) is 0 Å². The van der Waals surface area contributed by atoms with Crippen LogP contribution in [0.3, 0.4) is 0 Å². The maximum absolute atomic E-state index is 12.7. The zero-order valence-corrected chi connectivity index (χ0v) is 19.0. The molecule has 4 rings (SSSR count). The van der Waals surface area contributed by atoms with E-state index in [9.17, 15) is 9.90 Å². The number of rotatable bonds is 7. The summed E-state index contributed by atoms with van der Waals surface area (Å²) < 4.78 is 16.4. The number of aliphatic hydroxyl groups is 1. The van der Waals surface area contributed by atoms with Crippen molar-refractivity contribution < 1.29 is 24.1 Å². The molecule has 3 aliphatic rings. The molecule has 2 N–H and O–H groups in total. The third-order valence-corrected chi connectivity index (χ3v) is 7.97. The summed E-state index contributed by atoms with van der Waals surface area (Å²) in [4.78, 5) is 12.7. The van der Waals surface area contributed by atoms with Gasteiger partial charge in [0.05, 0.1) is 26.2 Å². The number of esters is 1. The maximum Gasteiger partial charge on any atom is 0.311 e. The predicted molar refractivity (Wildman–Crippen MR) is 118 cm³/mol. The molecule has 0 bridgehead atoms. The standard InChI is InChI=1S/C25H35NO5/c1-15-6-5-7-17-13-21-22(23(27)25(15,17)2)18(24(28)31-21)14-26-11-10-16-8-9-19(29-3)20(12-16)30-4/h7-9,12,15,18,21-23,26-27H,5-6,10-11,13-14H2,1-4H3/t15-,18+,21-,22-,23-,25-/m1/s1. The van der Waals surface area contributed by atoms with Gasteiger partial charge in [0.1, 0.15) is 6.10 Å². The molecule has 2 aliphatic carbocycles. The van der Waals surface area contributed by atoms with Crippen molar-refractivity contribution in [2.24, 2.45) is 23.2 Å². The van der Waals surface area contributed by atoms with Gasteiger partial charge in [0.15, 0.2) is 11.5 Å². The molecule has 2 fully saturated rings. The molecule has 1 saturated carbocycles. The third kappa shape index (κ3) is 3.85. The van der Waals surface area contributed by atoms with Crippen LogP contribution >= 0.6 is 0 Å². The molecule has 31 heavy (non-hydrogen) atoms. The lowest BCUT2D eigenvalue weighted by molar-refractivity contribution is -0.144. The Morgan fingerprint density at radius 3 is 2.77 bits per heavy atom. The first-order valence-corrected chi connectivity index (χ1v) is 11.4. The maximum atomic E-state index is 12.7. The first kappa shape index (κ1) is 22.2. The SMILES string of the molecule is COc1ccc(CCNC[C@@H]2C(=O)O[C@@H]3CC4=CCC[C@@H](C)[C@@]4(C)[C@H](O)[C@H]23)cc1OC. The molecule has 6 nitrogen and oxygen atoms in total. The number of nitrogens with one attached hydrogen (secondary N) is 1. The van der Waals surface area contributed by atoms with Gasteiger partial charge in [0.25, 0.3) is 0 Å². The lowest BCUT2D eigenvalue weighted by Gasteiger charge is -2.51. The van der Waals surface area contributed by atoms with Crippen molar-refractivity contribution in [3.05, 3.63) is 35.4 Å². The van der Waals surface area contributed by atoms with Gasteiger partial charge in [-0.1, -0.05) is 31.6 Å². The van der Waals surface area contributed by atoms with E-state index in [1.54, 1.807) is 14.2 Å². The van der Waals surface area contributed by atoms with Crippen LogP contribution in [0.4, 0.5) is 0 Å². The topological polar surface area (TPSA) is 77.0 Å². The summed E-state index contributed by atoms with van der Waals surface area (Å²) in [6.45, 7) is 5.65. The predicted octanol–water partition coefficient (Wildman–Crippen LogP) is 3.12. The van der Waals surface area contributed by atoms with E-state index in [1.165, 1.54) is 5.57 Å². The molecule has 1 aliphatic heterocycles. The minimum Gasteiger partial charge on any atom is -0.493 e. The second-order valence-corrected chi connectivity index (χ2v) is 9.44. The molecule has 1 aromatic carbocycles. The molecule has 1 saturated heterocycles. The summed E-state index contributed by atoms with van der Waals surface area (Å²) in [6, 6.07) is 5.90. The van der Waals surface area contributed by atoms with Crippen molar-refractivity contribution in [2.45, 2.75) is 51.7 Å². The van der Waals surface area contributed by atoms with E-state index in [4.69, 9.17) is 14.2 Å². The van der Waals surface area contributed by atoms with E-state index in [0.717, 1.165) is 37.8 Å². The van der Waals surface area contributed by atoms with E-state index in [0.29, 0.717) is 24.0 Å². The Bertz CT molecular complexity index is 852. The van der Waals surface area contributed by atoms with Gasteiger partial charge in [-0.25, -0.2) is 0 Å². The average Bonchev–Trinajstić information content (AvgIpc) is 3.08. The fourth-order valence-electron chi connectivity index (χ4n) is 5.82. The largest absolute Gasteiger partial charge is 0.493 e. The molecule has 1 heterocycles. The van der Waals surface area contributed by atoms with Gasteiger partial charge >= 0.3 is 5.97 Å². The molecule has 170 valence electrons. The number of benzene rings is 1. The Labute approximate surface area is 185 Å². The Kier molecular flexibility index (Phi) is 6.31. The highest BCUT2D eigenvalue weighted by Crippen LogP contribution is 2.55. The molecule has 0 amide bonds. The molecule has 1 aromatic rings. The zero-order chi connectivity index (χ0) is 22.2. The number of hydrogen-bond acceptors (Lipinski definition) is 6. The van der Waals surface area contributed by atoms with Gasteiger partial charge < -0.3 is 24.6 Å². The van der Waals surface area contributed by atoms with Crippen LogP contribution in [0.5, 0.6) is 11.5 Å². The number of allylic oxidation sites excluding steroid dienone is 1. The quantitative estimate of drug-likeness (QED) is 0.394. The third-order valence-electron chi connectivity index (χ3n) is 7.97. The van der Waals surface area contributed by atoms with E-state index < -0.39 is 6.10 Å². The normalized spacial score (nSPS) is 34.4. The van der Waals surface area contributed by atoms with Gasteiger partial charge in [-0.3, -0.25) is 4.79 Å². The van der Waals surface area contributed by atoms with Crippen molar-refractivity contribution in [2.75, 3.05) is 27.3 Å². The highest BCUT2D eigenvalue weighted by atomic mass is 16.6. The van der Waals surface area contributed by atoms with E-state index in [-0.39, 0.29) is 29.3 Å². The lowest BCUT2D eigenvalue weighted by Crippen LogP contribution is -2.54. The smallest absolute Gasteiger partial charge is 0.311 e. The Morgan fingerprint density at radius 1 is 1.26 bits per heavy atom. The van der Waals surface area contributed by atoms with Crippen LogP contribution in [0.1, 0.15) is 38.7 Å². The van der Waals surface area contributed by atoms with E-state index >= 15 is 0 Å². The van der Waals surface area contributed by atoms with E-state index in [2.05, 4.69) is 25.2 Å². The molecular formula is C25H35NO5. The number of fused-ring (bicyclic) bond motifs is 2.